The van der Waals surface area contributed by atoms with Crippen molar-refractivity contribution in [3.63, 3.8) is 0 Å². The van der Waals surface area contributed by atoms with Crippen LogP contribution in [0.3, 0.4) is 0 Å². The fourth-order valence-electron chi connectivity index (χ4n) is 1.97. The largest absolute Gasteiger partial charge is 0.300 e. The zero-order valence-electron chi connectivity index (χ0n) is 10.9. The van der Waals surface area contributed by atoms with Crippen molar-refractivity contribution in [3.05, 3.63) is 34.6 Å². The van der Waals surface area contributed by atoms with E-state index >= 15 is 0 Å². The molecule has 0 aliphatic heterocycles. The predicted molar refractivity (Wildman–Crippen MR) is 77.1 cm³/mol. The highest BCUT2D eigenvalue weighted by atomic mass is 32.1. The van der Waals surface area contributed by atoms with E-state index in [1.165, 1.54) is 18.4 Å². The third-order valence-corrected chi connectivity index (χ3v) is 3.36. The first kappa shape index (κ1) is 13.0. The number of aromatic nitrogens is 3. The molecule has 0 fully saturated rings. The molecule has 0 saturated heterocycles. The lowest BCUT2D eigenvalue weighted by Gasteiger charge is -2.06. The second-order valence-electron chi connectivity index (χ2n) is 4.58. The van der Waals surface area contributed by atoms with Gasteiger partial charge in [0.25, 0.3) is 0 Å². The second-order valence-corrected chi connectivity index (χ2v) is 4.96. The molecule has 96 valence electrons. The number of aromatic amines is 1. The lowest BCUT2D eigenvalue weighted by Crippen LogP contribution is -2.01. The van der Waals surface area contributed by atoms with Gasteiger partial charge in [-0.3, -0.25) is 5.10 Å². The Hall–Kier alpha value is -1.42. The maximum Gasteiger partial charge on any atom is 0.195 e. The Kier molecular flexibility index (Phi) is 4.31. The molecule has 0 spiro atoms. The Morgan fingerprint density at radius 2 is 1.94 bits per heavy atom. The van der Waals surface area contributed by atoms with E-state index < -0.39 is 0 Å². The maximum absolute atomic E-state index is 5.29. The van der Waals surface area contributed by atoms with Crippen LogP contribution < -0.4 is 0 Å². The van der Waals surface area contributed by atoms with Crippen molar-refractivity contribution < 1.29 is 0 Å². The zero-order chi connectivity index (χ0) is 13.0. The van der Waals surface area contributed by atoms with E-state index in [1.54, 1.807) is 0 Å². The van der Waals surface area contributed by atoms with E-state index in [-0.39, 0.29) is 0 Å². The van der Waals surface area contributed by atoms with Crippen molar-refractivity contribution >= 4 is 12.2 Å². The third kappa shape index (κ3) is 2.88. The Balaban J connectivity index is 2.27. The smallest absolute Gasteiger partial charge is 0.195 e. The van der Waals surface area contributed by atoms with Crippen LogP contribution in [0.2, 0.25) is 0 Å². The van der Waals surface area contributed by atoms with E-state index in [4.69, 9.17) is 12.2 Å². The first-order chi connectivity index (χ1) is 8.72. The van der Waals surface area contributed by atoms with E-state index in [2.05, 4.69) is 52.9 Å². The van der Waals surface area contributed by atoms with E-state index in [0.29, 0.717) is 4.77 Å². The van der Waals surface area contributed by atoms with Gasteiger partial charge in [0.2, 0.25) is 0 Å². The van der Waals surface area contributed by atoms with Crippen LogP contribution in [0, 0.1) is 11.7 Å². The maximum atomic E-state index is 5.29. The summed E-state index contributed by atoms with van der Waals surface area (Å²) >= 11 is 5.29. The van der Waals surface area contributed by atoms with Crippen molar-refractivity contribution in [2.45, 2.75) is 39.7 Å². The molecule has 0 atom stereocenters. The molecule has 1 heterocycles. The molecule has 0 saturated carbocycles. The predicted octanol–water partition coefficient (Wildman–Crippen LogP) is 4.11. The van der Waals surface area contributed by atoms with Gasteiger partial charge < -0.3 is 4.57 Å². The van der Waals surface area contributed by atoms with E-state index in [1.807, 2.05) is 0 Å². The van der Waals surface area contributed by atoms with Gasteiger partial charge in [-0.2, -0.15) is 5.10 Å². The van der Waals surface area contributed by atoms with Crippen LogP contribution in [0.15, 0.2) is 24.3 Å². The molecule has 0 bridgehead atoms. The molecule has 1 aromatic carbocycles. The fraction of sp³-hybridized carbons (Fsp3) is 0.429. The number of hydrogen-bond acceptors (Lipinski definition) is 2. The van der Waals surface area contributed by atoms with Crippen LogP contribution in [0.25, 0.3) is 11.4 Å². The highest BCUT2D eigenvalue weighted by Crippen LogP contribution is 2.18. The van der Waals surface area contributed by atoms with Gasteiger partial charge >= 0.3 is 0 Å². The molecule has 0 radical (unpaired) electrons. The SMILES string of the molecule is CCCCCn1c(-c2ccc(C)cc2)n[nH]c1=S. The Labute approximate surface area is 113 Å². The minimum absolute atomic E-state index is 0.710. The first-order valence-corrected chi connectivity index (χ1v) is 6.85. The Bertz CT molecular complexity index is 551. The van der Waals surface area contributed by atoms with Gasteiger partial charge in [0.15, 0.2) is 10.6 Å². The van der Waals surface area contributed by atoms with Gasteiger partial charge in [-0.1, -0.05) is 49.6 Å². The quantitative estimate of drug-likeness (QED) is 0.649. The first-order valence-electron chi connectivity index (χ1n) is 6.44. The number of benzene rings is 1. The average Bonchev–Trinajstić information content (AvgIpc) is 2.73. The van der Waals surface area contributed by atoms with Crippen LogP contribution in [0.5, 0.6) is 0 Å². The summed E-state index contributed by atoms with van der Waals surface area (Å²) in [4.78, 5) is 0. The minimum Gasteiger partial charge on any atom is -0.300 e. The van der Waals surface area contributed by atoms with Crippen LogP contribution >= 0.6 is 12.2 Å². The van der Waals surface area contributed by atoms with Gasteiger partial charge in [-0.15, -0.1) is 0 Å². The molecular formula is C14H19N3S. The Morgan fingerprint density at radius 1 is 1.22 bits per heavy atom. The highest BCUT2D eigenvalue weighted by molar-refractivity contribution is 7.71. The molecule has 2 aromatic rings. The Morgan fingerprint density at radius 3 is 2.61 bits per heavy atom. The number of H-pyrrole nitrogens is 1. The molecular weight excluding hydrogens is 242 g/mol. The number of unbranched alkanes of at least 4 members (excludes halogenated alkanes) is 2. The molecule has 0 amide bonds. The van der Waals surface area contributed by atoms with Crippen molar-refractivity contribution in [1.29, 1.82) is 0 Å². The summed E-state index contributed by atoms with van der Waals surface area (Å²) in [5.74, 6) is 0.941. The van der Waals surface area contributed by atoms with Crippen molar-refractivity contribution in [2.24, 2.45) is 0 Å². The van der Waals surface area contributed by atoms with Gasteiger partial charge in [0, 0.05) is 12.1 Å². The lowest BCUT2D eigenvalue weighted by molar-refractivity contribution is 0.600. The highest BCUT2D eigenvalue weighted by Gasteiger charge is 2.07. The van der Waals surface area contributed by atoms with Crippen LogP contribution in [0.4, 0.5) is 0 Å². The summed E-state index contributed by atoms with van der Waals surface area (Å²) in [6.45, 7) is 5.23. The van der Waals surface area contributed by atoms with Gasteiger partial charge in [0.05, 0.1) is 0 Å². The standard InChI is InChI=1S/C14H19N3S/c1-3-4-5-10-17-13(15-16-14(17)18)12-8-6-11(2)7-9-12/h6-9H,3-5,10H2,1-2H3,(H,16,18). The molecule has 3 nitrogen and oxygen atoms in total. The normalized spacial score (nSPS) is 10.8. The lowest BCUT2D eigenvalue weighted by atomic mass is 10.1. The second kappa shape index (κ2) is 5.96. The molecule has 0 unspecified atom stereocenters. The number of aryl methyl sites for hydroxylation is 1. The van der Waals surface area contributed by atoms with E-state index in [0.717, 1.165) is 24.4 Å². The minimum atomic E-state index is 0.710. The van der Waals surface area contributed by atoms with Crippen molar-refractivity contribution in [3.8, 4) is 11.4 Å². The van der Waals surface area contributed by atoms with Gasteiger partial charge in [0.1, 0.15) is 0 Å². The van der Waals surface area contributed by atoms with Crippen LogP contribution in [0.1, 0.15) is 31.7 Å². The summed E-state index contributed by atoms with van der Waals surface area (Å²) in [6, 6.07) is 8.39. The summed E-state index contributed by atoms with van der Waals surface area (Å²) in [7, 11) is 0. The fourth-order valence-corrected chi connectivity index (χ4v) is 2.19. The topological polar surface area (TPSA) is 33.6 Å². The monoisotopic (exact) mass is 261 g/mol. The third-order valence-electron chi connectivity index (χ3n) is 3.05. The van der Waals surface area contributed by atoms with Crippen LogP contribution in [-0.4, -0.2) is 14.8 Å². The molecule has 18 heavy (non-hydrogen) atoms. The average molecular weight is 261 g/mol. The molecule has 1 N–H and O–H groups in total. The number of rotatable bonds is 5. The zero-order valence-corrected chi connectivity index (χ0v) is 11.8. The number of nitrogens with zero attached hydrogens (tertiary/aromatic N) is 2. The molecule has 0 aliphatic rings. The van der Waals surface area contributed by atoms with Gasteiger partial charge in [-0.25, -0.2) is 0 Å². The van der Waals surface area contributed by atoms with E-state index in [9.17, 15) is 0 Å². The molecule has 4 heteroatoms. The van der Waals surface area contributed by atoms with Crippen molar-refractivity contribution in [1.82, 2.24) is 14.8 Å². The summed E-state index contributed by atoms with van der Waals surface area (Å²) in [6.07, 6.45) is 3.58. The van der Waals surface area contributed by atoms with Gasteiger partial charge in [-0.05, 0) is 25.6 Å². The van der Waals surface area contributed by atoms with Crippen LogP contribution in [-0.2, 0) is 6.54 Å². The summed E-state index contributed by atoms with van der Waals surface area (Å²) in [5, 5.41) is 7.23. The summed E-state index contributed by atoms with van der Waals surface area (Å²) in [5.41, 5.74) is 2.37. The molecule has 0 aliphatic carbocycles. The summed E-state index contributed by atoms with van der Waals surface area (Å²) < 4.78 is 2.80. The van der Waals surface area contributed by atoms with Crippen molar-refractivity contribution in [2.75, 3.05) is 0 Å². The molecule has 1 aromatic heterocycles. The number of nitrogens with one attached hydrogen (secondary N) is 1. The number of hydrogen-bond donors (Lipinski definition) is 1. The molecule has 2 rings (SSSR count).